The van der Waals surface area contributed by atoms with Crippen molar-refractivity contribution in [1.29, 1.82) is 0 Å². The molecular formula is C36H44F2N4O7S. The molecule has 0 radical (unpaired) electrons. The number of aromatic nitrogens is 2. The lowest BCUT2D eigenvalue weighted by molar-refractivity contribution is -0.231. The molecule has 2 aromatic rings. The highest BCUT2D eigenvalue weighted by atomic mass is 32.2. The SMILES string of the molecule is COCC(=O)O[C@]1(C(=O)SCF)[C@H](C)C[C@H]2[C@@H]3CCC4=Cc5c(cnn5-c5cccc(C(=O)N[C@@H](C)C(N)=O)c5)C[C@]4(C)[C@@]3(F)[C@@H](O)C[C@@]21C. The number of ether oxygens (including phenoxy) is 2. The Morgan fingerprint density at radius 3 is 2.66 bits per heavy atom. The summed E-state index contributed by atoms with van der Waals surface area (Å²) < 4.78 is 44.6. The number of thioether (sulfide) groups is 1. The Morgan fingerprint density at radius 2 is 1.98 bits per heavy atom. The van der Waals surface area contributed by atoms with Crippen LogP contribution >= 0.6 is 11.8 Å². The smallest absolute Gasteiger partial charge is 0.333 e. The molecule has 1 heterocycles. The molecule has 0 aliphatic heterocycles. The minimum Gasteiger partial charge on any atom is -0.447 e. The highest BCUT2D eigenvalue weighted by molar-refractivity contribution is 8.13. The summed E-state index contributed by atoms with van der Waals surface area (Å²) >= 11 is 0.433. The number of nitrogens with two attached hydrogens (primary N) is 1. The molecule has 0 bridgehead atoms. The van der Waals surface area contributed by atoms with Gasteiger partial charge in [-0.05, 0) is 86.5 Å². The zero-order valence-electron chi connectivity index (χ0n) is 28.8. The number of nitrogens with one attached hydrogen (secondary N) is 1. The molecule has 3 fully saturated rings. The molecule has 4 aliphatic rings. The number of rotatable bonds is 9. The molecule has 0 spiro atoms. The zero-order valence-corrected chi connectivity index (χ0v) is 29.6. The van der Waals surface area contributed by atoms with Crippen LogP contribution in [0.2, 0.25) is 0 Å². The molecule has 0 saturated heterocycles. The Labute approximate surface area is 293 Å². The van der Waals surface area contributed by atoms with Gasteiger partial charge >= 0.3 is 5.97 Å². The molecule has 9 atom stereocenters. The van der Waals surface area contributed by atoms with Crippen molar-refractivity contribution in [3.63, 3.8) is 0 Å². The molecule has 6 rings (SSSR count). The van der Waals surface area contributed by atoms with Gasteiger partial charge in [0.15, 0.2) is 5.60 Å². The molecule has 0 unspecified atom stereocenters. The van der Waals surface area contributed by atoms with Crippen molar-refractivity contribution in [3.8, 4) is 5.69 Å². The predicted molar refractivity (Wildman–Crippen MR) is 181 cm³/mol. The van der Waals surface area contributed by atoms with Crippen LogP contribution in [0.1, 0.15) is 75.0 Å². The molecule has 3 saturated carbocycles. The number of halogens is 2. The molecule has 14 heteroatoms. The molecular weight excluding hydrogens is 670 g/mol. The Kier molecular flexibility index (Phi) is 9.30. The summed E-state index contributed by atoms with van der Waals surface area (Å²) in [6.45, 7) is 6.49. The molecule has 1 aromatic heterocycles. The zero-order chi connectivity index (χ0) is 36.4. The molecule has 11 nitrogen and oxygen atoms in total. The number of alkyl halides is 2. The predicted octanol–water partition coefficient (Wildman–Crippen LogP) is 4.08. The summed E-state index contributed by atoms with van der Waals surface area (Å²) in [6.07, 6.45) is 3.43. The maximum Gasteiger partial charge on any atom is 0.333 e. The number of esters is 1. The average Bonchev–Trinajstić information content (AvgIpc) is 3.56. The van der Waals surface area contributed by atoms with Crippen LogP contribution in [0.4, 0.5) is 8.78 Å². The van der Waals surface area contributed by atoms with Crippen LogP contribution in [0.15, 0.2) is 36.0 Å². The van der Waals surface area contributed by atoms with Gasteiger partial charge in [0.25, 0.3) is 5.91 Å². The number of carbonyl (C=O) groups excluding carboxylic acids is 4. The van der Waals surface area contributed by atoms with E-state index in [4.69, 9.17) is 15.2 Å². The van der Waals surface area contributed by atoms with E-state index < -0.39 is 87.5 Å². The van der Waals surface area contributed by atoms with Crippen LogP contribution in [-0.2, 0) is 30.3 Å². The lowest BCUT2D eigenvalue weighted by atomic mass is 9.44. The second-order valence-electron chi connectivity index (χ2n) is 14.8. The van der Waals surface area contributed by atoms with Crippen LogP contribution in [0, 0.1) is 28.6 Å². The van der Waals surface area contributed by atoms with E-state index in [0.717, 1.165) is 16.8 Å². The number of carbonyl (C=O) groups is 4. The second-order valence-corrected chi connectivity index (χ2v) is 15.6. The van der Waals surface area contributed by atoms with E-state index >= 15 is 4.39 Å². The van der Waals surface area contributed by atoms with E-state index in [2.05, 4.69) is 10.4 Å². The van der Waals surface area contributed by atoms with Gasteiger partial charge in [-0.1, -0.05) is 32.4 Å². The highest BCUT2D eigenvalue weighted by Crippen LogP contribution is 2.72. The third-order valence-corrected chi connectivity index (χ3v) is 12.9. The van der Waals surface area contributed by atoms with Gasteiger partial charge in [-0.3, -0.25) is 14.4 Å². The number of aliphatic hydroxyl groups is 1. The lowest BCUT2D eigenvalue weighted by Crippen LogP contribution is -2.70. The van der Waals surface area contributed by atoms with Gasteiger partial charge in [0.2, 0.25) is 11.0 Å². The van der Waals surface area contributed by atoms with Crippen molar-refractivity contribution in [2.45, 2.75) is 83.2 Å². The van der Waals surface area contributed by atoms with Gasteiger partial charge in [0.05, 0.1) is 23.7 Å². The average molecular weight is 715 g/mol. The monoisotopic (exact) mass is 714 g/mol. The fraction of sp³-hybridized carbons (Fsp3) is 0.583. The van der Waals surface area contributed by atoms with Crippen LogP contribution < -0.4 is 11.1 Å². The first-order valence-corrected chi connectivity index (χ1v) is 17.9. The number of allylic oxidation sites excluding steroid dienone is 1. The van der Waals surface area contributed by atoms with Crippen molar-refractivity contribution in [3.05, 3.63) is 52.9 Å². The Balaban J connectivity index is 1.35. The highest BCUT2D eigenvalue weighted by Gasteiger charge is 2.77. The van der Waals surface area contributed by atoms with E-state index in [1.165, 1.54) is 14.0 Å². The number of fused-ring (bicyclic) bond motifs is 6. The van der Waals surface area contributed by atoms with Crippen molar-refractivity contribution < 1.29 is 42.5 Å². The first kappa shape index (κ1) is 36.2. The number of primary amides is 1. The van der Waals surface area contributed by atoms with Crippen LogP contribution in [0.25, 0.3) is 11.8 Å². The summed E-state index contributed by atoms with van der Waals surface area (Å²) in [4.78, 5) is 51.0. The first-order chi connectivity index (χ1) is 23.6. The Morgan fingerprint density at radius 1 is 1.24 bits per heavy atom. The van der Waals surface area contributed by atoms with E-state index in [1.807, 2.05) is 13.0 Å². The maximum absolute atomic E-state index is 18.3. The fourth-order valence-corrected chi connectivity index (χ4v) is 10.7. The molecule has 4 aliphatic carbocycles. The molecule has 50 heavy (non-hydrogen) atoms. The van der Waals surface area contributed by atoms with E-state index in [0.29, 0.717) is 42.3 Å². The van der Waals surface area contributed by atoms with Gasteiger partial charge in [0.1, 0.15) is 24.3 Å². The summed E-state index contributed by atoms with van der Waals surface area (Å²) in [5.41, 5.74) is 2.39. The van der Waals surface area contributed by atoms with E-state index in [1.54, 1.807) is 49.0 Å². The normalized spacial score (nSPS) is 34.7. The quantitative estimate of drug-likeness (QED) is 0.325. The van der Waals surface area contributed by atoms with Crippen molar-refractivity contribution in [2.75, 3.05) is 19.7 Å². The minimum atomic E-state index is -2.10. The molecule has 2 amide bonds. The van der Waals surface area contributed by atoms with Gasteiger partial charge in [-0.15, -0.1) is 0 Å². The van der Waals surface area contributed by atoms with Gasteiger partial charge in [-0.2, -0.15) is 5.10 Å². The van der Waals surface area contributed by atoms with Gasteiger partial charge in [0, 0.05) is 35.3 Å². The van der Waals surface area contributed by atoms with E-state index in [9.17, 15) is 28.7 Å². The van der Waals surface area contributed by atoms with Crippen molar-refractivity contribution in [2.24, 2.45) is 34.3 Å². The number of nitrogens with zero attached hydrogens (tertiary/aromatic N) is 2. The Hall–Kier alpha value is -3.62. The largest absolute Gasteiger partial charge is 0.447 e. The summed E-state index contributed by atoms with van der Waals surface area (Å²) in [5, 5.41) is 18.6. The maximum atomic E-state index is 18.3. The summed E-state index contributed by atoms with van der Waals surface area (Å²) in [5.74, 6) is -3.58. The van der Waals surface area contributed by atoms with Crippen molar-refractivity contribution in [1.82, 2.24) is 15.1 Å². The topological polar surface area (TPSA) is 163 Å². The number of hydrogen-bond donors (Lipinski definition) is 3. The third-order valence-electron chi connectivity index (χ3n) is 12.3. The third kappa shape index (κ3) is 5.15. The van der Waals surface area contributed by atoms with Crippen LogP contribution in [0.5, 0.6) is 0 Å². The van der Waals surface area contributed by atoms with Crippen molar-refractivity contribution >= 4 is 40.7 Å². The minimum absolute atomic E-state index is 0.161. The summed E-state index contributed by atoms with van der Waals surface area (Å²) in [6, 6.07) is 4.90. The number of methoxy groups -OCH3 is 1. The molecule has 270 valence electrons. The standard InChI is InChI=1S/C36H44F2N4O7S/c1-19-11-26-25-10-9-23-13-27-22(16-40-42(27)24-8-6-7-21(12-24)31(46)41-20(2)30(39)45)14-33(23,3)35(25,38)28(43)15-34(26,4)36(19,32(47)50-18-37)49-29(44)17-48-5/h6-8,12-13,16,19-20,25-26,28,43H,9-11,14-15,17-18H2,1-5H3,(H2,39,45)(H,41,46)/t19-,20+,25+,26+,28+,33+,34+,35+,36+/m1/s1. The van der Waals surface area contributed by atoms with E-state index in [-0.39, 0.29) is 12.8 Å². The molecule has 1 aromatic carbocycles. The van der Waals surface area contributed by atoms with Crippen LogP contribution in [-0.4, -0.2) is 80.9 Å². The molecule has 4 N–H and O–H groups in total. The van der Waals surface area contributed by atoms with Crippen LogP contribution in [0.3, 0.4) is 0 Å². The number of benzene rings is 1. The fourth-order valence-electron chi connectivity index (χ4n) is 9.89. The summed E-state index contributed by atoms with van der Waals surface area (Å²) in [7, 11) is 1.33. The van der Waals surface area contributed by atoms with Gasteiger partial charge in [-0.25, -0.2) is 18.3 Å². The first-order valence-electron chi connectivity index (χ1n) is 16.9. The lowest BCUT2D eigenvalue weighted by Gasteiger charge is -2.63. The number of aliphatic hydroxyl groups excluding tert-OH is 1. The Bertz CT molecular complexity index is 1770. The number of hydrogen-bond acceptors (Lipinski definition) is 9. The second kappa shape index (κ2) is 12.9. The van der Waals surface area contributed by atoms with Gasteiger partial charge < -0.3 is 25.6 Å². The number of amides is 2.